The quantitative estimate of drug-likeness (QED) is 0.736. The maximum absolute atomic E-state index is 12.9. The lowest BCUT2D eigenvalue weighted by molar-refractivity contribution is -0.138. The van der Waals surface area contributed by atoms with Crippen LogP contribution in [0.4, 0.5) is 0 Å². The molecule has 2 aromatic rings. The van der Waals surface area contributed by atoms with Crippen LogP contribution in [0.5, 0.6) is 5.75 Å². The largest absolute Gasteiger partial charge is 0.489 e. The van der Waals surface area contributed by atoms with Crippen LogP contribution in [0.2, 0.25) is 0 Å². The number of aryl methyl sites for hydroxylation is 1. The van der Waals surface area contributed by atoms with Gasteiger partial charge in [-0.15, -0.1) is 0 Å². The summed E-state index contributed by atoms with van der Waals surface area (Å²) in [5, 5.41) is 11.3. The molecule has 0 aliphatic heterocycles. The van der Waals surface area contributed by atoms with Gasteiger partial charge >= 0.3 is 0 Å². The maximum atomic E-state index is 12.9. The average Bonchev–Trinajstić information content (AvgIpc) is 2.76. The van der Waals surface area contributed by atoms with Crippen LogP contribution in [0, 0.1) is 25.7 Å². The molecule has 1 heterocycles. The minimum atomic E-state index is -0.663. The van der Waals surface area contributed by atoms with E-state index in [4.69, 9.17) is 4.74 Å². The summed E-state index contributed by atoms with van der Waals surface area (Å²) in [5.41, 5.74) is 5.26. The number of amides is 1. The number of aliphatic hydroxyl groups is 1. The first-order valence-corrected chi connectivity index (χ1v) is 11.0. The normalized spacial score (nSPS) is 19.1. The summed E-state index contributed by atoms with van der Waals surface area (Å²) in [5.74, 6) is 0.619. The van der Waals surface area contributed by atoms with Crippen LogP contribution in [-0.2, 0) is 17.8 Å². The number of ether oxygens (including phenoxy) is 1. The molecule has 0 fully saturated rings. The second-order valence-corrected chi connectivity index (χ2v) is 8.31. The zero-order valence-electron chi connectivity index (χ0n) is 18.8. The van der Waals surface area contributed by atoms with Crippen LogP contribution in [-0.4, -0.2) is 34.0 Å². The van der Waals surface area contributed by atoms with Gasteiger partial charge in [0.15, 0.2) is 0 Å². The summed E-state index contributed by atoms with van der Waals surface area (Å²) < 4.78 is 6.11. The maximum Gasteiger partial charge on any atom is 0.225 e. The topological polar surface area (TPSA) is 62.7 Å². The van der Waals surface area contributed by atoms with Crippen LogP contribution in [0.15, 0.2) is 30.6 Å². The highest BCUT2D eigenvalue weighted by Gasteiger charge is 2.38. The van der Waals surface area contributed by atoms with E-state index in [1.165, 1.54) is 5.56 Å². The van der Waals surface area contributed by atoms with Gasteiger partial charge in [0.1, 0.15) is 12.4 Å². The molecular weight excluding hydrogens is 376 g/mol. The Bertz CT molecular complexity index is 878. The number of hydrogen-bond donors (Lipinski definition) is 1. The van der Waals surface area contributed by atoms with Crippen molar-refractivity contribution in [1.82, 2.24) is 9.88 Å². The summed E-state index contributed by atoms with van der Waals surface area (Å²) in [6.07, 6.45) is 4.57. The molecule has 30 heavy (non-hydrogen) atoms. The van der Waals surface area contributed by atoms with Crippen molar-refractivity contribution in [3.8, 4) is 5.75 Å². The van der Waals surface area contributed by atoms with Crippen molar-refractivity contribution >= 4 is 5.91 Å². The zero-order valence-corrected chi connectivity index (χ0v) is 18.8. The molecule has 0 saturated carbocycles. The summed E-state index contributed by atoms with van der Waals surface area (Å²) >= 11 is 0. The highest BCUT2D eigenvalue weighted by Crippen LogP contribution is 2.44. The third-order valence-electron chi connectivity index (χ3n) is 6.58. The van der Waals surface area contributed by atoms with Crippen LogP contribution >= 0.6 is 0 Å². The van der Waals surface area contributed by atoms with Crippen molar-refractivity contribution in [2.75, 3.05) is 13.1 Å². The first-order chi connectivity index (χ1) is 14.4. The molecule has 162 valence electrons. The molecule has 0 radical (unpaired) electrons. The highest BCUT2D eigenvalue weighted by molar-refractivity contribution is 5.79. The van der Waals surface area contributed by atoms with Gasteiger partial charge in [-0.25, -0.2) is 0 Å². The number of pyridine rings is 1. The smallest absolute Gasteiger partial charge is 0.225 e. The SMILES string of the molecule is CCN(CC)C(=O)[C@@H](C)C1CCc2c(C)cc(OCc3cccnc3)c(C)c2[C@@H]1O. The first kappa shape index (κ1) is 22.3. The Labute approximate surface area is 180 Å². The third-order valence-corrected chi connectivity index (χ3v) is 6.58. The van der Waals surface area contributed by atoms with Gasteiger partial charge < -0.3 is 14.7 Å². The first-order valence-electron chi connectivity index (χ1n) is 11.0. The fourth-order valence-electron chi connectivity index (χ4n) is 4.70. The molecule has 1 unspecified atom stereocenters. The average molecular weight is 411 g/mol. The third kappa shape index (κ3) is 4.36. The molecule has 3 rings (SSSR count). The standard InChI is InChI=1S/C25H34N2O3/c1-6-27(7-2)25(29)17(4)21-11-10-20-16(3)13-22(18(5)23(20)24(21)28)30-15-19-9-8-12-26-14-19/h8-9,12-14,17,21,24,28H,6-7,10-11,15H2,1-5H3/t17-,21?,24+/m0/s1. The van der Waals surface area contributed by atoms with E-state index >= 15 is 0 Å². The van der Waals surface area contributed by atoms with Crippen molar-refractivity contribution in [3.05, 3.63) is 58.4 Å². The number of aromatic nitrogens is 1. The second-order valence-electron chi connectivity index (χ2n) is 8.31. The van der Waals surface area contributed by atoms with Crippen molar-refractivity contribution in [3.63, 3.8) is 0 Å². The number of carbonyl (C=O) groups is 1. The molecule has 1 aromatic carbocycles. The van der Waals surface area contributed by atoms with E-state index in [9.17, 15) is 9.90 Å². The number of fused-ring (bicyclic) bond motifs is 1. The molecular formula is C25H34N2O3. The predicted octanol–water partition coefficient (Wildman–Crippen LogP) is 4.38. The minimum absolute atomic E-state index is 0.0859. The molecule has 1 amide bonds. The van der Waals surface area contributed by atoms with Crippen LogP contribution in [0.1, 0.15) is 61.1 Å². The van der Waals surface area contributed by atoms with E-state index in [0.717, 1.165) is 40.8 Å². The van der Waals surface area contributed by atoms with Crippen LogP contribution < -0.4 is 4.74 Å². The zero-order chi connectivity index (χ0) is 21.8. The van der Waals surface area contributed by atoms with Gasteiger partial charge in [0.05, 0.1) is 6.10 Å². The van der Waals surface area contributed by atoms with Crippen LogP contribution in [0.25, 0.3) is 0 Å². The van der Waals surface area contributed by atoms with Crippen molar-refractivity contribution in [1.29, 1.82) is 0 Å². The monoisotopic (exact) mass is 410 g/mol. The highest BCUT2D eigenvalue weighted by atomic mass is 16.5. The number of nitrogens with zero attached hydrogens (tertiary/aromatic N) is 2. The molecule has 1 aromatic heterocycles. The van der Waals surface area contributed by atoms with Gasteiger partial charge in [0, 0.05) is 42.9 Å². The van der Waals surface area contributed by atoms with E-state index in [2.05, 4.69) is 18.0 Å². The lowest BCUT2D eigenvalue weighted by atomic mass is 9.72. The van der Waals surface area contributed by atoms with Gasteiger partial charge in [0.2, 0.25) is 5.91 Å². The number of hydrogen-bond acceptors (Lipinski definition) is 4. The van der Waals surface area contributed by atoms with Gasteiger partial charge in [-0.2, -0.15) is 0 Å². The molecule has 0 spiro atoms. The summed E-state index contributed by atoms with van der Waals surface area (Å²) in [4.78, 5) is 18.9. The molecule has 0 saturated heterocycles. The Balaban J connectivity index is 1.87. The number of benzene rings is 1. The number of rotatable bonds is 7. The Hall–Kier alpha value is -2.40. The van der Waals surface area contributed by atoms with Gasteiger partial charge in [0.25, 0.3) is 0 Å². The minimum Gasteiger partial charge on any atom is -0.489 e. The molecule has 0 bridgehead atoms. The van der Waals surface area contributed by atoms with Crippen molar-refractivity contribution in [2.24, 2.45) is 11.8 Å². The lowest BCUT2D eigenvalue weighted by Crippen LogP contribution is -2.40. The number of aliphatic hydroxyl groups excluding tert-OH is 1. The van der Waals surface area contributed by atoms with E-state index in [0.29, 0.717) is 19.7 Å². The summed E-state index contributed by atoms with van der Waals surface area (Å²) in [7, 11) is 0. The molecule has 3 atom stereocenters. The molecule has 5 heteroatoms. The fourth-order valence-corrected chi connectivity index (χ4v) is 4.70. The number of carbonyl (C=O) groups excluding carboxylic acids is 1. The Morgan fingerprint density at radius 3 is 2.70 bits per heavy atom. The Morgan fingerprint density at radius 2 is 2.07 bits per heavy atom. The van der Waals surface area contributed by atoms with E-state index in [1.54, 1.807) is 12.4 Å². The van der Waals surface area contributed by atoms with Gasteiger partial charge in [-0.1, -0.05) is 13.0 Å². The fraction of sp³-hybridized carbons (Fsp3) is 0.520. The summed E-state index contributed by atoms with van der Waals surface area (Å²) in [6.45, 7) is 11.9. The molecule has 1 N–H and O–H groups in total. The molecule has 1 aliphatic rings. The predicted molar refractivity (Wildman–Crippen MR) is 118 cm³/mol. The molecule has 1 aliphatic carbocycles. The van der Waals surface area contributed by atoms with Crippen LogP contribution in [0.3, 0.4) is 0 Å². The van der Waals surface area contributed by atoms with E-state index < -0.39 is 6.10 Å². The Morgan fingerprint density at radius 1 is 1.33 bits per heavy atom. The second kappa shape index (κ2) is 9.61. The van der Waals surface area contributed by atoms with Gasteiger partial charge in [-0.05, 0) is 74.9 Å². The van der Waals surface area contributed by atoms with Crippen molar-refractivity contribution in [2.45, 2.75) is 60.2 Å². The van der Waals surface area contributed by atoms with Gasteiger partial charge in [-0.3, -0.25) is 9.78 Å². The molecule has 5 nitrogen and oxygen atoms in total. The van der Waals surface area contributed by atoms with E-state index in [1.807, 2.05) is 44.7 Å². The lowest BCUT2D eigenvalue weighted by Gasteiger charge is -2.37. The summed E-state index contributed by atoms with van der Waals surface area (Å²) in [6, 6.07) is 5.95. The van der Waals surface area contributed by atoms with E-state index in [-0.39, 0.29) is 17.7 Å². The Kier molecular flexibility index (Phi) is 7.14. The van der Waals surface area contributed by atoms with Crippen molar-refractivity contribution < 1.29 is 14.6 Å².